The fourth-order valence-electron chi connectivity index (χ4n) is 0.159. The summed E-state index contributed by atoms with van der Waals surface area (Å²) in [6.45, 7) is 3.66. The van der Waals surface area contributed by atoms with Gasteiger partial charge in [0.25, 0.3) is 0 Å². The Bertz CT molecular complexity index is 93.1. The van der Waals surface area contributed by atoms with Crippen molar-refractivity contribution in [3.05, 3.63) is 0 Å². The standard InChI is InChI=1S/C5H8Br2O/c1-5(2,7)4(8)3-6/h3H2,1-2H3. The molecule has 0 bridgehead atoms. The third-order valence-electron chi connectivity index (χ3n) is 0.784. The van der Waals surface area contributed by atoms with Crippen molar-refractivity contribution in [2.45, 2.75) is 18.2 Å². The molecule has 8 heavy (non-hydrogen) atoms. The number of rotatable bonds is 2. The Morgan fingerprint density at radius 1 is 1.62 bits per heavy atom. The third kappa shape index (κ3) is 2.82. The smallest absolute Gasteiger partial charge is 0.159 e. The molecule has 3 heteroatoms. The molecular weight excluding hydrogens is 236 g/mol. The SMILES string of the molecule is CC(C)(Br)C(=O)CBr. The summed E-state index contributed by atoms with van der Waals surface area (Å²) in [5, 5.41) is 0.422. The van der Waals surface area contributed by atoms with Crippen LogP contribution in [0.25, 0.3) is 0 Å². The molecule has 0 amide bonds. The predicted octanol–water partition coefficient (Wildman–Crippen LogP) is 2.12. The molecule has 1 nitrogen and oxygen atoms in total. The van der Waals surface area contributed by atoms with Crippen LogP contribution in [0, 0.1) is 0 Å². The van der Waals surface area contributed by atoms with Crippen LogP contribution in [0.1, 0.15) is 13.8 Å². The van der Waals surface area contributed by atoms with Gasteiger partial charge in [-0.25, -0.2) is 0 Å². The van der Waals surface area contributed by atoms with E-state index in [2.05, 4.69) is 31.9 Å². The van der Waals surface area contributed by atoms with E-state index in [9.17, 15) is 4.79 Å². The monoisotopic (exact) mass is 242 g/mol. The number of ketones is 1. The second-order valence-corrected chi connectivity index (χ2v) is 4.57. The lowest BCUT2D eigenvalue weighted by atomic mass is 10.1. The van der Waals surface area contributed by atoms with E-state index in [1.165, 1.54) is 0 Å². The van der Waals surface area contributed by atoms with Crippen molar-refractivity contribution in [2.24, 2.45) is 0 Å². The van der Waals surface area contributed by atoms with Crippen molar-refractivity contribution < 1.29 is 4.79 Å². The molecule has 48 valence electrons. The van der Waals surface area contributed by atoms with Crippen LogP contribution < -0.4 is 0 Å². The van der Waals surface area contributed by atoms with Gasteiger partial charge in [0.05, 0.1) is 9.65 Å². The van der Waals surface area contributed by atoms with Crippen molar-refractivity contribution in [1.82, 2.24) is 0 Å². The molecule has 0 unspecified atom stereocenters. The van der Waals surface area contributed by atoms with E-state index < -0.39 is 0 Å². The minimum atomic E-state index is -0.365. The second-order valence-electron chi connectivity index (χ2n) is 2.03. The lowest BCUT2D eigenvalue weighted by Crippen LogP contribution is -2.24. The summed E-state index contributed by atoms with van der Waals surface area (Å²) in [5.74, 6) is 0.164. The average Bonchev–Trinajstić information content (AvgIpc) is 1.62. The maximum Gasteiger partial charge on any atom is 0.159 e. The molecule has 0 aliphatic heterocycles. The normalized spacial score (nSPS) is 11.5. The molecular formula is C5H8Br2O. The molecule has 0 aromatic heterocycles. The Morgan fingerprint density at radius 3 is 2.00 bits per heavy atom. The zero-order chi connectivity index (χ0) is 6.78. The molecule has 0 saturated heterocycles. The molecule has 0 N–H and O–H groups in total. The minimum absolute atomic E-state index is 0.164. The van der Waals surface area contributed by atoms with Crippen LogP contribution in [0.5, 0.6) is 0 Å². The lowest BCUT2D eigenvalue weighted by molar-refractivity contribution is -0.117. The van der Waals surface area contributed by atoms with E-state index in [0.29, 0.717) is 5.33 Å². The van der Waals surface area contributed by atoms with Crippen LogP contribution in [0.15, 0.2) is 0 Å². The minimum Gasteiger partial charge on any atom is -0.297 e. The molecule has 0 rings (SSSR count). The molecule has 0 aliphatic rings. The Kier molecular flexibility index (Phi) is 3.20. The molecule has 0 fully saturated rings. The van der Waals surface area contributed by atoms with Gasteiger partial charge < -0.3 is 0 Å². The van der Waals surface area contributed by atoms with Crippen LogP contribution in [0.2, 0.25) is 0 Å². The summed E-state index contributed by atoms with van der Waals surface area (Å²) in [5.41, 5.74) is 0. The summed E-state index contributed by atoms with van der Waals surface area (Å²) >= 11 is 6.30. The summed E-state index contributed by atoms with van der Waals surface area (Å²) in [6, 6.07) is 0. The Morgan fingerprint density at radius 2 is 2.00 bits per heavy atom. The van der Waals surface area contributed by atoms with Crippen molar-refractivity contribution in [3.63, 3.8) is 0 Å². The van der Waals surface area contributed by atoms with E-state index in [1.54, 1.807) is 0 Å². The van der Waals surface area contributed by atoms with Crippen LogP contribution in [-0.4, -0.2) is 15.4 Å². The van der Waals surface area contributed by atoms with Crippen LogP contribution in [0.3, 0.4) is 0 Å². The van der Waals surface area contributed by atoms with Crippen molar-refractivity contribution in [3.8, 4) is 0 Å². The number of halogens is 2. The van der Waals surface area contributed by atoms with Gasteiger partial charge in [0.1, 0.15) is 0 Å². The first-order chi connectivity index (χ1) is 3.48. The van der Waals surface area contributed by atoms with E-state index in [1.807, 2.05) is 13.8 Å². The highest BCUT2D eigenvalue weighted by atomic mass is 79.9. The molecule has 0 aromatic carbocycles. The van der Waals surface area contributed by atoms with Crippen molar-refractivity contribution in [1.29, 1.82) is 0 Å². The van der Waals surface area contributed by atoms with Crippen LogP contribution in [0.4, 0.5) is 0 Å². The van der Waals surface area contributed by atoms with Gasteiger partial charge in [-0.2, -0.15) is 0 Å². The van der Waals surface area contributed by atoms with Crippen molar-refractivity contribution in [2.75, 3.05) is 5.33 Å². The number of hydrogen-bond donors (Lipinski definition) is 0. The summed E-state index contributed by atoms with van der Waals surface area (Å²) in [6.07, 6.45) is 0. The Balaban J connectivity index is 3.82. The average molecular weight is 244 g/mol. The Hall–Kier alpha value is 0.630. The van der Waals surface area contributed by atoms with E-state index in [0.717, 1.165) is 0 Å². The number of carbonyl (C=O) groups excluding carboxylic acids is 1. The quantitative estimate of drug-likeness (QED) is 0.680. The van der Waals surface area contributed by atoms with Crippen LogP contribution >= 0.6 is 31.9 Å². The predicted molar refractivity (Wildman–Crippen MR) is 41.8 cm³/mol. The molecule has 0 atom stereocenters. The Labute approximate surface area is 66.1 Å². The number of carbonyl (C=O) groups is 1. The van der Waals surface area contributed by atoms with Crippen LogP contribution in [-0.2, 0) is 4.79 Å². The zero-order valence-electron chi connectivity index (χ0n) is 4.87. The lowest BCUT2D eigenvalue weighted by Gasteiger charge is -2.10. The molecule has 0 aromatic rings. The molecule has 0 aliphatic carbocycles. The molecule has 0 radical (unpaired) electrons. The highest BCUT2D eigenvalue weighted by molar-refractivity contribution is 9.10. The second kappa shape index (κ2) is 2.97. The van der Waals surface area contributed by atoms with Crippen molar-refractivity contribution >= 4 is 37.6 Å². The van der Waals surface area contributed by atoms with Gasteiger partial charge in [-0.15, -0.1) is 0 Å². The molecule has 0 heterocycles. The first kappa shape index (κ1) is 8.63. The maximum atomic E-state index is 10.7. The number of alkyl halides is 2. The molecule has 0 saturated carbocycles. The number of hydrogen-bond acceptors (Lipinski definition) is 1. The van der Waals surface area contributed by atoms with E-state index in [4.69, 9.17) is 0 Å². The first-order valence-electron chi connectivity index (χ1n) is 2.26. The number of Topliss-reactive ketones (excluding diaryl/α,β-unsaturated/α-hetero) is 1. The van der Waals surface area contributed by atoms with Gasteiger partial charge in [0.2, 0.25) is 0 Å². The third-order valence-corrected chi connectivity index (χ3v) is 1.74. The van der Waals surface area contributed by atoms with Gasteiger partial charge in [0.15, 0.2) is 5.78 Å². The fourth-order valence-corrected chi connectivity index (χ4v) is 1.38. The van der Waals surface area contributed by atoms with E-state index >= 15 is 0 Å². The van der Waals surface area contributed by atoms with Gasteiger partial charge in [-0.1, -0.05) is 31.9 Å². The molecule has 0 spiro atoms. The highest BCUT2D eigenvalue weighted by Crippen LogP contribution is 2.17. The first-order valence-corrected chi connectivity index (χ1v) is 4.18. The topological polar surface area (TPSA) is 17.1 Å². The van der Waals surface area contributed by atoms with E-state index in [-0.39, 0.29) is 10.1 Å². The highest BCUT2D eigenvalue weighted by Gasteiger charge is 2.21. The van der Waals surface area contributed by atoms with Gasteiger partial charge in [-0.3, -0.25) is 4.79 Å². The fraction of sp³-hybridized carbons (Fsp3) is 0.800. The van der Waals surface area contributed by atoms with Gasteiger partial charge in [0, 0.05) is 0 Å². The van der Waals surface area contributed by atoms with Gasteiger partial charge in [-0.05, 0) is 13.8 Å². The largest absolute Gasteiger partial charge is 0.297 e. The van der Waals surface area contributed by atoms with Gasteiger partial charge >= 0.3 is 0 Å². The summed E-state index contributed by atoms with van der Waals surface area (Å²) in [7, 11) is 0. The summed E-state index contributed by atoms with van der Waals surface area (Å²) in [4.78, 5) is 10.7. The summed E-state index contributed by atoms with van der Waals surface area (Å²) < 4.78 is -0.365. The zero-order valence-corrected chi connectivity index (χ0v) is 8.04. The maximum absolute atomic E-state index is 10.7.